The van der Waals surface area contributed by atoms with Crippen molar-refractivity contribution in [3.05, 3.63) is 86.8 Å². The lowest BCUT2D eigenvalue weighted by atomic mass is 10.0. The van der Waals surface area contributed by atoms with Gasteiger partial charge in [-0.1, -0.05) is 46.3 Å². The van der Waals surface area contributed by atoms with Crippen LogP contribution in [-0.2, 0) is 10.1 Å². The molecule has 0 spiro atoms. The third-order valence-corrected chi connectivity index (χ3v) is 6.50. The molecule has 0 aliphatic heterocycles. The average Bonchev–Trinajstić information content (AvgIpc) is 2.76. The molecule has 0 aromatic heterocycles. The van der Waals surface area contributed by atoms with Gasteiger partial charge >= 0.3 is 10.1 Å². The number of rotatable bonds is 7. The lowest BCUT2D eigenvalue weighted by Gasteiger charge is -2.14. The van der Waals surface area contributed by atoms with Gasteiger partial charge in [-0.3, -0.25) is 0 Å². The van der Waals surface area contributed by atoms with Crippen LogP contribution in [0.25, 0.3) is 11.6 Å². The molecule has 3 rings (SSSR count). The Morgan fingerprint density at radius 2 is 1.74 bits per heavy atom. The predicted molar refractivity (Wildman–Crippen MR) is 127 cm³/mol. The summed E-state index contributed by atoms with van der Waals surface area (Å²) in [5, 5.41) is 9.61. The molecule has 0 bridgehead atoms. The topological polar surface area (TPSA) is 76.4 Å². The number of halogens is 2. The van der Waals surface area contributed by atoms with Crippen molar-refractivity contribution in [3.8, 4) is 17.6 Å². The van der Waals surface area contributed by atoms with Crippen molar-refractivity contribution < 1.29 is 17.3 Å². The number of benzene rings is 3. The second kappa shape index (κ2) is 10.1. The van der Waals surface area contributed by atoms with Gasteiger partial charge in [0.2, 0.25) is 0 Å². The lowest BCUT2D eigenvalue weighted by molar-refractivity contribution is 0.327. The van der Waals surface area contributed by atoms with E-state index in [4.69, 9.17) is 8.92 Å². The second-order valence-electron chi connectivity index (χ2n) is 6.29. The summed E-state index contributed by atoms with van der Waals surface area (Å²) in [5.41, 5.74) is 1.86. The van der Waals surface area contributed by atoms with Gasteiger partial charge < -0.3 is 8.92 Å². The summed E-state index contributed by atoms with van der Waals surface area (Å²) < 4.78 is 37.7. The Kier molecular flexibility index (Phi) is 7.55. The van der Waals surface area contributed by atoms with Crippen LogP contribution in [0, 0.1) is 11.3 Å². The van der Waals surface area contributed by atoms with Crippen LogP contribution in [0.3, 0.4) is 0 Å². The van der Waals surface area contributed by atoms with Gasteiger partial charge in [0.1, 0.15) is 4.90 Å². The standard InChI is InChI=1S/C23H17Br2NO4S/c1-2-29-22-14-16(12-18(15-26)17-8-10-19(24)11-9-17)13-21(25)23(22)30-31(27,28)20-6-4-3-5-7-20/h3-14H,2H2,1H3/b18-12+. The fraction of sp³-hybridized carbons (Fsp3) is 0.0870. The van der Waals surface area contributed by atoms with Crippen LogP contribution in [0.4, 0.5) is 0 Å². The monoisotopic (exact) mass is 561 g/mol. The van der Waals surface area contributed by atoms with E-state index >= 15 is 0 Å². The normalized spacial score (nSPS) is 11.6. The molecule has 0 heterocycles. The van der Waals surface area contributed by atoms with Crippen LogP contribution < -0.4 is 8.92 Å². The summed E-state index contributed by atoms with van der Waals surface area (Å²) in [5.74, 6) is 0.292. The van der Waals surface area contributed by atoms with Crippen molar-refractivity contribution in [2.75, 3.05) is 6.61 Å². The molecule has 0 aliphatic carbocycles. The largest absolute Gasteiger partial charge is 0.490 e. The SMILES string of the molecule is CCOc1cc(/C=C(\C#N)c2ccc(Br)cc2)cc(Br)c1OS(=O)(=O)c1ccccc1. The van der Waals surface area contributed by atoms with Gasteiger partial charge in [-0.2, -0.15) is 13.7 Å². The molecule has 0 N–H and O–H groups in total. The summed E-state index contributed by atoms with van der Waals surface area (Å²) in [6.45, 7) is 2.09. The summed E-state index contributed by atoms with van der Waals surface area (Å²) in [4.78, 5) is 0.0373. The van der Waals surface area contributed by atoms with Crippen LogP contribution in [0.5, 0.6) is 11.5 Å². The number of ether oxygens (including phenoxy) is 1. The number of hydrogen-bond donors (Lipinski definition) is 0. The van der Waals surface area contributed by atoms with E-state index < -0.39 is 10.1 Å². The summed E-state index contributed by atoms with van der Waals surface area (Å²) in [6.07, 6.45) is 1.70. The van der Waals surface area contributed by atoms with Gasteiger partial charge in [0, 0.05) is 4.47 Å². The van der Waals surface area contributed by atoms with Gasteiger partial charge in [-0.05, 0) is 76.5 Å². The zero-order valence-electron chi connectivity index (χ0n) is 16.4. The molecule has 0 saturated heterocycles. The number of nitriles is 1. The first-order valence-electron chi connectivity index (χ1n) is 9.17. The van der Waals surface area contributed by atoms with Crippen LogP contribution in [0.2, 0.25) is 0 Å². The van der Waals surface area contributed by atoms with Crippen LogP contribution >= 0.6 is 31.9 Å². The smallest absolute Gasteiger partial charge is 0.339 e. The van der Waals surface area contributed by atoms with E-state index in [1.165, 1.54) is 12.1 Å². The maximum absolute atomic E-state index is 12.7. The minimum Gasteiger partial charge on any atom is -0.490 e. The summed E-state index contributed by atoms with van der Waals surface area (Å²) in [6, 6.07) is 20.8. The van der Waals surface area contributed by atoms with Crippen LogP contribution in [-0.4, -0.2) is 15.0 Å². The molecule has 0 radical (unpaired) electrons. The fourth-order valence-electron chi connectivity index (χ4n) is 2.74. The highest BCUT2D eigenvalue weighted by Gasteiger charge is 2.22. The van der Waals surface area contributed by atoms with Crippen molar-refractivity contribution in [2.45, 2.75) is 11.8 Å². The quantitative estimate of drug-likeness (QED) is 0.188. The molecule has 3 aromatic rings. The molecule has 8 heteroatoms. The third-order valence-electron chi connectivity index (χ3n) is 4.14. The summed E-state index contributed by atoms with van der Waals surface area (Å²) >= 11 is 6.76. The zero-order valence-corrected chi connectivity index (χ0v) is 20.4. The highest BCUT2D eigenvalue weighted by molar-refractivity contribution is 9.10. The fourth-order valence-corrected chi connectivity index (χ4v) is 4.63. The van der Waals surface area contributed by atoms with Crippen molar-refractivity contribution in [2.24, 2.45) is 0 Å². The Morgan fingerprint density at radius 1 is 1.06 bits per heavy atom. The molecule has 5 nitrogen and oxygen atoms in total. The van der Waals surface area contributed by atoms with Crippen LogP contribution in [0.15, 0.2) is 80.6 Å². The van der Waals surface area contributed by atoms with E-state index in [9.17, 15) is 13.7 Å². The Balaban J connectivity index is 2.02. The van der Waals surface area contributed by atoms with Gasteiger partial charge in [0.25, 0.3) is 0 Å². The predicted octanol–water partition coefficient (Wildman–Crippen LogP) is 6.44. The van der Waals surface area contributed by atoms with Crippen molar-refractivity contribution in [1.29, 1.82) is 5.26 Å². The molecule has 3 aromatic carbocycles. The van der Waals surface area contributed by atoms with Gasteiger partial charge in [0.05, 0.1) is 22.7 Å². The molecular weight excluding hydrogens is 546 g/mol. The van der Waals surface area contributed by atoms with E-state index in [1.54, 1.807) is 43.3 Å². The molecule has 0 atom stereocenters. The molecule has 0 amide bonds. The van der Waals surface area contributed by atoms with Gasteiger partial charge in [0.15, 0.2) is 11.5 Å². The van der Waals surface area contributed by atoms with E-state index in [1.807, 2.05) is 24.3 Å². The number of hydrogen-bond acceptors (Lipinski definition) is 5. The average molecular weight is 563 g/mol. The number of allylic oxidation sites excluding steroid dienone is 1. The lowest BCUT2D eigenvalue weighted by Crippen LogP contribution is -2.11. The van der Waals surface area contributed by atoms with E-state index in [0.717, 1.165) is 10.0 Å². The summed E-state index contributed by atoms with van der Waals surface area (Å²) in [7, 11) is -4.05. The van der Waals surface area contributed by atoms with E-state index in [2.05, 4.69) is 37.9 Å². The Labute approximate surface area is 198 Å². The highest BCUT2D eigenvalue weighted by atomic mass is 79.9. The van der Waals surface area contributed by atoms with Crippen LogP contribution in [0.1, 0.15) is 18.1 Å². The molecule has 0 unspecified atom stereocenters. The Morgan fingerprint density at radius 3 is 2.35 bits per heavy atom. The first-order valence-corrected chi connectivity index (χ1v) is 12.2. The number of nitrogens with zero attached hydrogens (tertiary/aromatic N) is 1. The van der Waals surface area contributed by atoms with Gasteiger partial charge in [-0.25, -0.2) is 0 Å². The molecule has 0 aliphatic rings. The maximum atomic E-state index is 12.7. The first kappa shape index (κ1) is 23.1. The minimum atomic E-state index is -4.05. The molecule has 158 valence electrons. The van der Waals surface area contributed by atoms with Crippen molar-refractivity contribution in [3.63, 3.8) is 0 Å². The molecule has 0 fully saturated rings. The highest BCUT2D eigenvalue weighted by Crippen LogP contribution is 2.39. The zero-order chi connectivity index (χ0) is 22.4. The van der Waals surface area contributed by atoms with E-state index in [-0.39, 0.29) is 16.4 Å². The molecule has 0 saturated carbocycles. The molecular formula is C23H17Br2NO4S. The Bertz CT molecular complexity index is 1250. The first-order chi connectivity index (χ1) is 14.8. The maximum Gasteiger partial charge on any atom is 0.339 e. The van der Waals surface area contributed by atoms with Crippen molar-refractivity contribution >= 4 is 53.6 Å². The Hall–Kier alpha value is -2.60. The van der Waals surface area contributed by atoms with Crippen molar-refractivity contribution in [1.82, 2.24) is 0 Å². The van der Waals surface area contributed by atoms with E-state index in [0.29, 0.717) is 22.2 Å². The third kappa shape index (κ3) is 5.76. The van der Waals surface area contributed by atoms with Gasteiger partial charge in [-0.15, -0.1) is 0 Å². The second-order valence-corrected chi connectivity index (χ2v) is 9.61. The minimum absolute atomic E-state index is 0.0373. The molecule has 31 heavy (non-hydrogen) atoms.